The number of carbonyl (C=O) groups excluding carboxylic acids is 1. The summed E-state index contributed by atoms with van der Waals surface area (Å²) in [6.07, 6.45) is 4.12. The van der Waals surface area contributed by atoms with Gasteiger partial charge in [-0.05, 0) is 72.1 Å². The molecule has 0 aromatic carbocycles. The molecule has 1 N–H and O–H groups in total. The van der Waals surface area contributed by atoms with Crippen molar-refractivity contribution in [3.63, 3.8) is 0 Å². The van der Waals surface area contributed by atoms with E-state index in [1.54, 1.807) is 0 Å². The SMILES string of the molecule is CC(C)N(CC1CCC(CO)CC1)C(=O)OC(C)(C)C. The van der Waals surface area contributed by atoms with Gasteiger partial charge in [-0.1, -0.05) is 0 Å². The molecule has 1 fully saturated rings. The fourth-order valence-corrected chi connectivity index (χ4v) is 2.69. The molecule has 4 heteroatoms. The highest BCUT2D eigenvalue weighted by atomic mass is 16.6. The summed E-state index contributed by atoms with van der Waals surface area (Å²) in [5.41, 5.74) is -0.446. The third-order valence-corrected chi connectivity index (χ3v) is 3.93. The molecule has 1 aliphatic rings. The van der Waals surface area contributed by atoms with Gasteiger partial charge in [0, 0.05) is 19.2 Å². The zero-order valence-electron chi connectivity index (χ0n) is 13.7. The molecule has 0 saturated heterocycles. The predicted molar refractivity (Wildman–Crippen MR) is 80.6 cm³/mol. The first-order valence-corrected chi connectivity index (χ1v) is 7.83. The standard InChI is InChI=1S/C16H31NO3/c1-12(2)17(15(19)20-16(3,4)5)10-13-6-8-14(11-18)9-7-13/h12-14,18H,6-11H2,1-5H3. The van der Waals surface area contributed by atoms with E-state index in [1.165, 1.54) is 0 Å². The second-order valence-corrected chi connectivity index (χ2v) is 7.30. The van der Waals surface area contributed by atoms with Gasteiger partial charge in [0.2, 0.25) is 0 Å². The maximum absolute atomic E-state index is 12.3. The molecule has 0 heterocycles. The molecule has 1 rings (SSSR count). The number of nitrogens with zero attached hydrogens (tertiary/aromatic N) is 1. The van der Waals surface area contributed by atoms with Crippen molar-refractivity contribution < 1.29 is 14.6 Å². The van der Waals surface area contributed by atoms with Crippen LogP contribution in [0.3, 0.4) is 0 Å². The molecule has 0 aromatic rings. The average Bonchev–Trinajstić information content (AvgIpc) is 2.34. The summed E-state index contributed by atoms with van der Waals surface area (Å²) >= 11 is 0. The zero-order chi connectivity index (χ0) is 15.3. The lowest BCUT2D eigenvalue weighted by molar-refractivity contribution is 0.0131. The number of hydrogen-bond acceptors (Lipinski definition) is 3. The minimum Gasteiger partial charge on any atom is -0.444 e. The van der Waals surface area contributed by atoms with Gasteiger partial charge in [0.1, 0.15) is 5.60 Å². The number of hydrogen-bond donors (Lipinski definition) is 1. The molecule has 0 aliphatic heterocycles. The Balaban J connectivity index is 2.53. The van der Waals surface area contributed by atoms with Crippen LogP contribution in [0.25, 0.3) is 0 Å². The van der Waals surface area contributed by atoms with Gasteiger partial charge in [0.25, 0.3) is 0 Å². The molecular weight excluding hydrogens is 254 g/mol. The van der Waals surface area contributed by atoms with Crippen molar-refractivity contribution in [1.82, 2.24) is 4.90 Å². The second-order valence-electron chi connectivity index (χ2n) is 7.30. The molecule has 0 aromatic heterocycles. The molecule has 0 atom stereocenters. The van der Waals surface area contributed by atoms with Gasteiger partial charge in [-0.15, -0.1) is 0 Å². The first-order chi connectivity index (χ1) is 9.23. The van der Waals surface area contributed by atoms with E-state index < -0.39 is 5.60 Å². The Kier molecular flexibility index (Phi) is 6.31. The molecule has 1 saturated carbocycles. The maximum Gasteiger partial charge on any atom is 0.410 e. The third-order valence-electron chi connectivity index (χ3n) is 3.93. The quantitative estimate of drug-likeness (QED) is 0.861. The van der Waals surface area contributed by atoms with Crippen LogP contribution in [0.1, 0.15) is 60.3 Å². The van der Waals surface area contributed by atoms with Crippen molar-refractivity contribution in [2.45, 2.75) is 71.9 Å². The Bertz CT molecular complexity index is 301. The normalized spacial score (nSPS) is 23.8. The number of aliphatic hydroxyl groups excluding tert-OH is 1. The summed E-state index contributed by atoms with van der Waals surface area (Å²) in [6.45, 7) is 10.8. The van der Waals surface area contributed by atoms with Crippen LogP contribution < -0.4 is 0 Å². The maximum atomic E-state index is 12.3. The van der Waals surface area contributed by atoms with Crippen LogP contribution >= 0.6 is 0 Å². The first-order valence-electron chi connectivity index (χ1n) is 7.83. The number of carbonyl (C=O) groups is 1. The van der Waals surface area contributed by atoms with Crippen molar-refractivity contribution in [2.24, 2.45) is 11.8 Å². The minimum atomic E-state index is -0.446. The van der Waals surface area contributed by atoms with E-state index in [1.807, 2.05) is 39.5 Å². The molecule has 4 nitrogen and oxygen atoms in total. The summed E-state index contributed by atoms with van der Waals surface area (Å²) in [5, 5.41) is 9.18. The lowest BCUT2D eigenvalue weighted by atomic mass is 9.82. The summed E-state index contributed by atoms with van der Waals surface area (Å²) in [4.78, 5) is 14.1. The Labute approximate surface area is 123 Å². The molecule has 1 aliphatic carbocycles. The Hall–Kier alpha value is -0.770. The van der Waals surface area contributed by atoms with Crippen molar-refractivity contribution in [3.05, 3.63) is 0 Å². The Morgan fingerprint density at radius 2 is 1.70 bits per heavy atom. The van der Waals surface area contributed by atoms with E-state index in [0.29, 0.717) is 18.4 Å². The highest BCUT2D eigenvalue weighted by Crippen LogP contribution is 2.29. The molecule has 0 bridgehead atoms. The van der Waals surface area contributed by atoms with Crippen LogP contribution in [0.15, 0.2) is 0 Å². The van der Waals surface area contributed by atoms with Gasteiger partial charge in [-0.3, -0.25) is 0 Å². The van der Waals surface area contributed by atoms with Gasteiger partial charge in [-0.25, -0.2) is 4.79 Å². The molecule has 0 radical (unpaired) electrons. The minimum absolute atomic E-state index is 0.153. The van der Waals surface area contributed by atoms with Crippen molar-refractivity contribution in [3.8, 4) is 0 Å². The fraction of sp³-hybridized carbons (Fsp3) is 0.938. The number of ether oxygens (including phenoxy) is 1. The average molecular weight is 285 g/mol. The van der Waals surface area contributed by atoms with E-state index in [0.717, 1.165) is 32.2 Å². The highest BCUT2D eigenvalue weighted by Gasteiger charge is 2.28. The van der Waals surface area contributed by atoms with Crippen LogP contribution in [-0.4, -0.2) is 40.9 Å². The van der Waals surface area contributed by atoms with E-state index in [2.05, 4.69) is 0 Å². The van der Waals surface area contributed by atoms with Gasteiger partial charge in [-0.2, -0.15) is 0 Å². The number of aliphatic hydroxyl groups is 1. The summed E-state index contributed by atoms with van der Waals surface area (Å²) in [7, 11) is 0. The molecule has 20 heavy (non-hydrogen) atoms. The monoisotopic (exact) mass is 285 g/mol. The summed E-state index contributed by atoms with van der Waals surface area (Å²) < 4.78 is 5.49. The van der Waals surface area contributed by atoms with Gasteiger partial charge < -0.3 is 14.7 Å². The Morgan fingerprint density at radius 3 is 2.10 bits per heavy atom. The Morgan fingerprint density at radius 1 is 1.20 bits per heavy atom. The van der Waals surface area contributed by atoms with Gasteiger partial charge in [0.15, 0.2) is 0 Å². The largest absolute Gasteiger partial charge is 0.444 e. The van der Waals surface area contributed by atoms with Crippen LogP contribution in [0.4, 0.5) is 4.79 Å². The van der Waals surface area contributed by atoms with Crippen LogP contribution in [0.2, 0.25) is 0 Å². The van der Waals surface area contributed by atoms with Crippen molar-refractivity contribution >= 4 is 6.09 Å². The molecule has 1 amide bonds. The van der Waals surface area contributed by atoms with Crippen molar-refractivity contribution in [1.29, 1.82) is 0 Å². The van der Waals surface area contributed by atoms with E-state index in [-0.39, 0.29) is 12.1 Å². The lowest BCUT2D eigenvalue weighted by Crippen LogP contribution is -2.44. The van der Waals surface area contributed by atoms with Crippen LogP contribution in [-0.2, 0) is 4.74 Å². The first kappa shape index (κ1) is 17.3. The predicted octanol–water partition coefficient (Wildman–Crippen LogP) is 3.43. The molecule has 118 valence electrons. The van der Waals surface area contributed by atoms with Gasteiger partial charge in [0.05, 0.1) is 0 Å². The fourth-order valence-electron chi connectivity index (χ4n) is 2.69. The van der Waals surface area contributed by atoms with Crippen molar-refractivity contribution in [2.75, 3.05) is 13.2 Å². The number of rotatable bonds is 4. The third kappa shape index (κ3) is 5.70. The van der Waals surface area contributed by atoms with Crippen LogP contribution in [0, 0.1) is 11.8 Å². The lowest BCUT2D eigenvalue weighted by Gasteiger charge is -2.35. The highest BCUT2D eigenvalue weighted by molar-refractivity contribution is 5.68. The van der Waals surface area contributed by atoms with E-state index in [4.69, 9.17) is 4.74 Å². The summed E-state index contributed by atoms with van der Waals surface area (Å²) in [5.74, 6) is 0.994. The van der Waals surface area contributed by atoms with Crippen LogP contribution in [0.5, 0.6) is 0 Å². The smallest absolute Gasteiger partial charge is 0.410 e. The van der Waals surface area contributed by atoms with E-state index in [9.17, 15) is 9.90 Å². The second kappa shape index (κ2) is 7.30. The summed E-state index contributed by atoms with van der Waals surface area (Å²) in [6, 6.07) is 0.153. The molecule has 0 unspecified atom stereocenters. The van der Waals surface area contributed by atoms with Gasteiger partial charge >= 0.3 is 6.09 Å². The molecule has 0 spiro atoms. The zero-order valence-corrected chi connectivity index (χ0v) is 13.7. The topological polar surface area (TPSA) is 49.8 Å². The van der Waals surface area contributed by atoms with E-state index >= 15 is 0 Å². The molecular formula is C16H31NO3. The number of amides is 1.